The van der Waals surface area contributed by atoms with Crippen LogP contribution in [0, 0.1) is 18.3 Å². The van der Waals surface area contributed by atoms with E-state index < -0.39 is 29.7 Å². The van der Waals surface area contributed by atoms with Crippen LogP contribution in [0.4, 0.5) is 15.3 Å². The molecule has 1 aliphatic heterocycles. The number of imide groups is 1. The molecule has 4 amide bonds. The van der Waals surface area contributed by atoms with Gasteiger partial charge in [0.2, 0.25) is 0 Å². The van der Waals surface area contributed by atoms with Gasteiger partial charge >= 0.3 is 12.1 Å². The van der Waals surface area contributed by atoms with Gasteiger partial charge in [-0.05, 0) is 45.4 Å². The van der Waals surface area contributed by atoms with E-state index in [9.17, 15) is 14.4 Å². The van der Waals surface area contributed by atoms with Crippen LogP contribution in [0.2, 0.25) is 5.02 Å². The minimum Gasteiger partial charge on any atom is -0.444 e. The molecule has 1 aromatic carbocycles. The molecule has 9 heteroatoms. The highest BCUT2D eigenvalue weighted by atomic mass is 35.5. The van der Waals surface area contributed by atoms with Crippen molar-refractivity contribution in [1.82, 2.24) is 10.2 Å². The van der Waals surface area contributed by atoms with Crippen LogP contribution in [0.3, 0.4) is 0 Å². The molecule has 8 nitrogen and oxygen atoms in total. The number of nitriles is 1. The molecule has 0 radical (unpaired) electrons. The van der Waals surface area contributed by atoms with Gasteiger partial charge in [-0.25, -0.2) is 14.5 Å². The molecule has 0 saturated carbocycles. The number of nitrogens with zero attached hydrogens (tertiary/aromatic N) is 3. The van der Waals surface area contributed by atoms with Gasteiger partial charge in [-0.1, -0.05) is 11.6 Å². The number of anilines is 1. The lowest BCUT2D eigenvalue weighted by Gasteiger charge is -2.21. The third-order valence-electron chi connectivity index (χ3n) is 4.02. The second-order valence-corrected chi connectivity index (χ2v) is 7.53. The Morgan fingerprint density at radius 1 is 1.37 bits per heavy atom. The summed E-state index contributed by atoms with van der Waals surface area (Å²) in [6.45, 7) is 6.72. The van der Waals surface area contributed by atoms with E-state index in [4.69, 9.17) is 21.6 Å². The zero-order valence-electron chi connectivity index (χ0n) is 15.8. The number of nitrogens with one attached hydrogen (secondary N) is 1. The van der Waals surface area contributed by atoms with Crippen LogP contribution >= 0.6 is 11.6 Å². The summed E-state index contributed by atoms with van der Waals surface area (Å²) in [6.07, 6.45) is -0.674. The number of ether oxygens (including phenoxy) is 1. The van der Waals surface area contributed by atoms with Crippen molar-refractivity contribution in [2.24, 2.45) is 0 Å². The molecule has 1 heterocycles. The first-order valence-electron chi connectivity index (χ1n) is 8.24. The number of hydrogen-bond donors (Lipinski definition) is 1. The number of alkyl carbamates (subject to hydrolysis) is 1. The number of amides is 4. The van der Waals surface area contributed by atoms with E-state index in [1.165, 1.54) is 24.1 Å². The van der Waals surface area contributed by atoms with Crippen molar-refractivity contribution in [3.63, 3.8) is 0 Å². The predicted molar refractivity (Wildman–Crippen MR) is 99.6 cm³/mol. The predicted octanol–water partition coefficient (Wildman–Crippen LogP) is 2.81. The quantitative estimate of drug-likeness (QED) is 0.796. The first-order valence-corrected chi connectivity index (χ1v) is 8.62. The highest BCUT2D eigenvalue weighted by Crippen LogP contribution is 2.33. The largest absolute Gasteiger partial charge is 0.444 e. The number of carbonyl (C=O) groups excluding carboxylic acids is 3. The van der Waals surface area contributed by atoms with Crippen LogP contribution in [0.5, 0.6) is 0 Å². The maximum Gasteiger partial charge on any atom is 0.407 e. The number of likely N-dealkylation sites (N-methyl/N-ethyl adjacent to an activating group) is 1. The summed E-state index contributed by atoms with van der Waals surface area (Å²) in [4.78, 5) is 39.5. The Labute approximate surface area is 162 Å². The Morgan fingerprint density at radius 3 is 2.56 bits per heavy atom. The smallest absolute Gasteiger partial charge is 0.407 e. The molecule has 1 N–H and O–H groups in total. The highest BCUT2D eigenvalue weighted by Gasteiger charge is 2.44. The van der Waals surface area contributed by atoms with E-state index in [-0.39, 0.29) is 17.1 Å². The van der Waals surface area contributed by atoms with Crippen LogP contribution in [-0.4, -0.2) is 48.2 Å². The molecule has 27 heavy (non-hydrogen) atoms. The Kier molecular flexibility index (Phi) is 5.66. The van der Waals surface area contributed by atoms with Gasteiger partial charge in [0, 0.05) is 7.05 Å². The van der Waals surface area contributed by atoms with E-state index in [1.807, 2.05) is 6.07 Å². The van der Waals surface area contributed by atoms with Crippen molar-refractivity contribution in [1.29, 1.82) is 5.26 Å². The molecule has 0 unspecified atom stereocenters. The van der Waals surface area contributed by atoms with Gasteiger partial charge in [0.1, 0.15) is 17.7 Å². The maximum absolute atomic E-state index is 12.8. The van der Waals surface area contributed by atoms with Crippen LogP contribution < -0.4 is 10.2 Å². The fraction of sp³-hybridized carbons (Fsp3) is 0.444. The van der Waals surface area contributed by atoms with Gasteiger partial charge in [0.05, 0.1) is 22.8 Å². The number of halogens is 1. The van der Waals surface area contributed by atoms with Crippen molar-refractivity contribution in [3.05, 3.63) is 28.3 Å². The van der Waals surface area contributed by atoms with Gasteiger partial charge < -0.3 is 15.0 Å². The van der Waals surface area contributed by atoms with Crippen LogP contribution in [0.1, 0.15) is 31.9 Å². The summed E-state index contributed by atoms with van der Waals surface area (Å²) in [6, 6.07) is 3.50. The standard InChI is InChI=1S/C18H21ClN4O4/c1-10-12(7-6-11(8-20)14(10)19)23-15(24)13(22(5)17(23)26)9-21-16(25)27-18(2,3)4/h6-7,13H,9H2,1-5H3,(H,21,25)/t13-/m0/s1. The van der Waals surface area contributed by atoms with E-state index >= 15 is 0 Å². The van der Waals surface area contributed by atoms with E-state index in [2.05, 4.69) is 5.32 Å². The third-order valence-corrected chi connectivity index (χ3v) is 4.51. The van der Waals surface area contributed by atoms with E-state index in [1.54, 1.807) is 27.7 Å². The Hall–Kier alpha value is -2.79. The van der Waals surface area contributed by atoms with Gasteiger partial charge in [0.15, 0.2) is 0 Å². The number of benzene rings is 1. The maximum atomic E-state index is 12.8. The first-order chi connectivity index (χ1) is 12.5. The third kappa shape index (κ3) is 4.14. The van der Waals surface area contributed by atoms with E-state index in [0.29, 0.717) is 11.3 Å². The lowest BCUT2D eigenvalue weighted by Crippen LogP contribution is -2.44. The van der Waals surface area contributed by atoms with Crippen molar-refractivity contribution in [3.8, 4) is 6.07 Å². The molecule has 1 atom stereocenters. The van der Waals surface area contributed by atoms with Gasteiger partial charge in [-0.15, -0.1) is 0 Å². The van der Waals surface area contributed by atoms with Crippen LogP contribution in [-0.2, 0) is 9.53 Å². The van der Waals surface area contributed by atoms with Crippen LogP contribution in [0.15, 0.2) is 12.1 Å². The Morgan fingerprint density at radius 2 is 2.00 bits per heavy atom. The number of hydrogen-bond acceptors (Lipinski definition) is 5. The molecular weight excluding hydrogens is 372 g/mol. The fourth-order valence-corrected chi connectivity index (χ4v) is 2.85. The second kappa shape index (κ2) is 7.45. The number of rotatable bonds is 3. The zero-order chi connectivity index (χ0) is 20.5. The van der Waals surface area contributed by atoms with Crippen molar-refractivity contribution >= 4 is 35.3 Å². The summed E-state index contributed by atoms with van der Waals surface area (Å²) < 4.78 is 5.14. The summed E-state index contributed by atoms with van der Waals surface area (Å²) >= 11 is 6.15. The molecule has 1 aromatic rings. The topological polar surface area (TPSA) is 103 Å². The minimum atomic E-state index is -0.876. The molecule has 1 saturated heterocycles. The molecule has 144 valence electrons. The fourth-order valence-electron chi connectivity index (χ4n) is 2.64. The summed E-state index contributed by atoms with van der Waals surface area (Å²) in [5, 5.41) is 11.7. The van der Waals surface area contributed by atoms with Crippen molar-refractivity contribution in [2.45, 2.75) is 39.3 Å². The molecule has 0 aromatic heterocycles. The van der Waals surface area contributed by atoms with Crippen LogP contribution in [0.25, 0.3) is 0 Å². The average Bonchev–Trinajstić information content (AvgIpc) is 2.77. The lowest BCUT2D eigenvalue weighted by molar-refractivity contribution is -0.119. The summed E-state index contributed by atoms with van der Waals surface area (Å²) in [7, 11) is 1.47. The highest BCUT2D eigenvalue weighted by molar-refractivity contribution is 6.33. The Balaban J connectivity index is 2.22. The summed E-state index contributed by atoms with van der Waals surface area (Å²) in [5.41, 5.74) is 0.342. The molecule has 0 spiro atoms. The van der Waals surface area contributed by atoms with Crippen molar-refractivity contribution in [2.75, 3.05) is 18.5 Å². The normalized spacial score (nSPS) is 17.1. The second-order valence-electron chi connectivity index (χ2n) is 7.15. The average molecular weight is 393 g/mol. The van der Waals surface area contributed by atoms with Gasteiger partial charge in [-0.3, -0.25) is 4.79 Å². The molecule has 1 fully saturated rings. The number of carbonyl (C=O) groups is 3. The van der Waals surface area contributed by atoms with Gasteiger partial charge in [-0.2, -0.15) is 5.26 Å². The molecular formula is C18H21ClN4O4. The van der Waals surface area contributed by atoms with E-state index in [0.717, 1.165) is 4.90 Å². The monoisotopic (exact) mass is 392 g/mol. The van der Waals surface area contributed by atoms with Crippen molar-refractivity contribution < 1.29 is 19.1 Å². The molecule has 0 aliphatic carbocycles. The first kappa shape index (κ1) is 20.5. The minimum absolute atomic E-state index is 0.0878. The Bertz CT molecular complexity index is 841. The zero-order valence-corrected chi connectivity index (χ0v) is 16.5. The summed E-state index contributed by atoms with van der Waals surface area (Å²) in [5.74, 6) is -0.498. The van der Waals surface area contributed by atoms with Gasteiger partial charge in [0.25, 0.3) is 5.91 Å². The number of urea groups is 1. The lowest BCUT2D eigenvalue weighted by atomic mass is 10.1. The SMILES string of the molecule is Cc1c(N2C(=O)[C@H](CNC(=O)OC(C)(C)C)N(C)C2=O)ccc(C#N)c1Cl. The molecule has 1 aliphatic rings. The molecule has 2 rings (SSSR count). The molecule has 0 bridgehead atoms.